The van der Waals surface area contributed by atoms with E-state index in [0.717, 1.165) is 11.1 Å². The van der Waals surface area contributed by atoms with Gasteiger partial charge < -0.3 is 5.73 Å². The second kappa shape index (κ2) is 5.46. The van der Waals surface area contributed by atoms with Gasteiger partial charge in [0.1, 0.15) is 5.82 Å². The molecule has 2 rings (SSSR count). The molecule has 1 atom stereocenters. The first-order valence-electron chi connectivity index (χ1n) is 5.68. The molecule has 0 amide bonds. The van der Waals surface area contributed by atoms with Crippen LogP contribution in [0.25, 0.3) is 0 Å². The molecule has 2 aromatic rings. The number of benzene rings is 1. The summed E-state index contributed by atoms with van der Waals surface area (Å²) in [5.41, 5.74) is 8.56. The minimum absolute atomic E-state index is 0.204. The fourth-order valence-electron chi connectivity index (χ4n) is 1.82. The standard InChI is InChI=1S/C14H14ClFN2/c1-9-6-11(2-3-13(9)16)14(17)7-10-4-5-18-8-12(10)15/h2-6,8,14H,7,17H2,1H3. The maximum absolute atomic E-state index is 13.2. The summed E-state index contributed by atoms with van der Waals surface area (Å²) in [6.07, 6.45) is 3.88. The van der Waals surface area contributed by atoms with E-state index in [0.29, 0.717) is 17.0 Å². The van der Waals surface area contributed by atoms with Crippen LogP contribution in [0.3, 0.4) is 0 Å². The zero-order chi connectivity index (χ0) is 13.1. The van der Waals surface area contributed by atoms with E-state index in [1.54, 1.807) is 31.5 Å². The smallest absolute Gasteiger partial charge is 0.126 e. The Balaban J connectivity index is 2.19. The van der Waals surface area contributed by atoms with Crippen LogP contribution in [0.4, 0.5) is 4.39 Å². The molecule has 0 fully saturated rings. The lowest BCUT2D eigenvalue weighted by Gasteiger charge is -2.13. The van der Waals surface area contributed by atoms with E-state index in [1.165, 1.54) is 6.07 Å². The highest BCUT2D eigenvalue weighted by molar-refractivity contribution is 6.31. The third-order valence-electron chi connectivity index (χ3n) is 2.91. The number of rotatable bonds is 3. The number of nitrogens with two attached hydrogens (primary N) is 1. The van der Waals surface area contributed by atoms with Gasteiger partial charge in [-0.15, -0.1) is 0 Å². The largest absolute Gasteiger partial charge is 0.324 e. The lowest BCUT2D eigenvalue weighted by molar-refractivity contribution is 0.615. The molecule has 94 valence electrons. The summed E-state index contributed by atoms with van der Waals surface area (Å²) in [5.74, 6) is -0.215. The SMILES string of the molecule is Cc1cc(C(N)Cc2ccncc2Cl)ccc1F. The second-order valence-electron chi connectivity index (χ2n) is 4.29. The molecule has 0 bridgehead atoms. The molecule has 0 aliphatic heterocycles. The molecule has 2 N–H and O–H groups in total. The maximum Gasteiger partial charge on any atom is 0.126 e. The Hall–Kier alpha value is -1.45. The van der Waals surface area contributed by atoms with Crippen molar-refractivity contribution in [3.8, 4) is 0 Å². The number of nitrogens with zero attached hydrogens (tertiary/aromatic N) is 1. The molecule has 0 spiro atoms. The Labute approximate surface area is 111 Å². The molecule has 1 heterocycles. The predicted octanol–water partition coefficient (Wildman–Crippen LogP) is 3.43. The topological polar surface area (TPSA) is 38.9 Å². The van der Waals surface area contributed by atoms with E-state index in [1.807, 2.05) is 6.07 Å². The van der Waals surface area contributed by atoms with Crippen LogP contribution in [0.15, 0.2) is 36.7 Å². The van der Waals surface area contributed by atoms with Crippen molar-refractivity contribution >= 4 is 11.6 Å². The van der Waals surface area contributed by atoms with Gasteiger partial charge >= 0.3 is 0 Å². The molecule has 0 saturated heterocycles. The van der Waals surface area contributed by atoms with E-state index in [-0.39, 0.29) is 11.9 Å². The van der Waals surface area contributed by atoms with Gasteiger partial charge in [0, 0.05) is 18.4 Å². The van der Waals surface area contributed by atoms with Crippen LogP contribution in [0, 0.1) is 12.7 Å². The first kappa shape index (κ1) is 13.0. The van der Waals surface area contributed by atoms with Crippen molar-refractivity contribution in [2.45, 2.75) is 19.4 Å². The highest BCUT2D eigenvalue weighted by Gasteiger charge is 2.10. The van der Waals surface area contributed by atoms with Gasteiger partial charge in [-0.2, -0.15) is 0 Å². The van der Waals surface area contributed by atoms with E-state index in [2.05, 4.69) is 4.98 Å². The average molecular weight is 265 g/mol. The molecule has 2 nitrogen and oxygen atoms in total. The molecule has 1 aromatic carbocycles. The van der Waals surface area contributed by atoms with Crippen LogP contribution < -0.4 is 5.73 Å². The van der Waals surface area contributed by atoms with E-state index < -0.39 is 0 Å². The monoisotopic (exact) mass is 264 g/mol. The number of aromatic nitrogens is 1. The Morgan fingerprint density at radius 3 is 2.83 bits per heavy atom. The fourth-order valence-corrected chi connectivity index (χ4v) is 2.02. The summed E-state index contributed by atoms with van der Waals surface area (Å²) in [7, 11) is 0. The molecule has 0 aliphatic rings. The van der Waals surface area contributed by atoms with Crippen LogP contribution in [-0.2, 0) is 6.42 Å². The Kier molecular flexibility index (Phi) is 3.94. The van der Waals surface area contributed by atoms with Crippen LogP contribution in [0.1, 0.15) is 22.7 Å². The van der Waals surface area contributed by atoms with Gasteiger partial charge in [0.2, 0.25) is 0 Å². The van der Waals surface area contributed by atoms with Crippen molar-refractivity contribution in [2.75, 3.05) is 0 Å². The van der Waals surface area contributed by atoms with Gasteiger partial charge in [0.25, 0.3) is 0 Å². The molecule has 1 unspecified atom stereocenters. The average Bonchev–Trinajstić information content (AvgIpc) is 2.35. The van der Waals surface area contributed by atoms with E-state index in [4.69, 9.17) is 17.3 Å². The van der Waals surface area contributed by atoms with Gasteiger partial charge in [0.05, 0.1) is 5.02 Å². The Morgan fingerprint density at radius 2 is 2.17 bits per heavy atom. The van der Waals surface area contributed by atoms with Crippen molar-refractivity contribution in [3.05, 3.63) is 64.2 Å². The lowest BCUT2D eigenvalue weighted by atomic mass is 9.99. The molecule has 18 heavy (non-hydrogen) atoms. The highest BCUT2D eigenvalue weighted by atomic mass is 35.5. The van der Waals surface area contributed by atoms with Crippen molar-refractivity contribution < 1.29 is 4.39 Å². The zero-order valence-electron chi connectivity index (χ0n) is 10.0. The number of pyridine rings is 1. The van der Waals surface area contributed by atoms with E-state index >= 15 is 0 Å². The van der Waals surface area contributed by atoms with Crippen LogP contribution in [0.2, 0.25) is 5.02 Å². The summed E-state index contributed by atoms with van der Waals surface area (Å²) in [4.78, 5) is 3.93. The molecule has 0 saturated carbocycles. The van der Waals surface area contributed by atoms with Crippen LogP contribution in [0.5, 0.6) is 0 Å². The summed E-state index contributed by atoms with van der Waals surface area (Å²) in [6, 6.07) is 6.57. The molecule has 0 aliphatic carbocycles. The van der Waals surface area contributed by atoms with Gasteiger partial charge in [-0.25, -0.2) is 4.39 Å². The Morgan fingerprint density at radius 1 is 1.39 bits per heavy atom. The molecule has 1 aromatic heterocycles. The normalized spacial score (nSPS) is 12.4. The third-order valence-corrected chi connectivity index (χ3v) is 3.25. The number of hydrogen-bond donors (Lipinski definition) is 1. The summed E-state index contributed by atoms with van der Waals surface area (Å²) in [6.45, 7) is 1.73. The van der Waals surface area contributed by atoms with Gasteiger partial charge in [-0.3, -0.25) is 4.98 Å². The second-order valence-corrected chi connectivity index (χ2v) is 4.69. The molecular weight excluding hydrogens is 251 g/mol. The first-order chi connectivity index (χ1) is 8.58. The summed E-state index contributed by atoms with van der Waals surface area (Å²) < 4.78 is 13.2. The quantitative estimate of drug-likeness (QED) is 0.923. The lowest BCUT2D eigenvalue weighted by Crippen LogP contribution is -2.14. The van der Waals surface area contributed by atoms with Crippen LogP contribution >= 0.6 is 11.6 Å². The third kappa shape index (κ3) is 2.86. The highest BCUT2D eigenvalue weighted by Crippen LogP contribution is 2.22. The van der Waals surface area contributed by atoms with Crippen molar-refractivity contribution in [2.24, 2.45) is 5.73 Å². The summed E-state index contributed by atoms with van der Waals surface area (Å²) in [5, 5.41) is 0.604. The van der Waals surface area contributed by atoms with Crippen molar-refractivity contribution in [1.82, 2.24) is 4.98 Å². The number of aryl methyl sites for hydroxylation is 1. The Bertz CT molecular complexity index is 557. The molecule has 0 radical (unpaired) electrons. The minimum atomic E-state index is -0.215. The number of hydrogen-bond acceptors (Lipinski definition) is 2. The van der Waals surface area contributed by atoms with Crippen molar-refractivity contribution in [3.63, 3.8) is 0 Å². The van der Waals surface area contributed by atoms with E-state index in [9.17, 15) is 4.39 Å². The van der Waals surface area contributed by atoms with Gasteiger partial charge in [-0.1, -0.05) is 23.7 Å². The zero-order valence-corrected chi connectivity index (χ0v) is 10.8. The van der Waals surface area contributed by atoms with Gasteiger partial charge in [0.15, 0.2) is 0 Å². The maximum atomic E-state index is 13.2. The van der Waals surface area contributed by atoms with Gasteiger partial charge in [-0.05, 0) is 42.2 Å². The fraction of sp³-hybridized carbons (Fsp3) is 0.214. The van der Waals surface area contributed by atoms with Crippen molar-refractivity contribution in [1.29, 1.82) is 0 Å². The predicted molar refractivity (Wildman–Crippen MR) is 71.0 cm³/mol. The first-order valence-corrected chi connectivity index (χ1v) is 6.05. The molecule has 4 heteroatoms. The minimum Gasteiger partial charge on any atom is -0.324 e. The summed E-state index contributed by atoms with van der Waals surface area (Å²) >= 11 is 6.03. The number of halogens is 2. The molecular formula is C14H14ClFN2. The van der Waals surface area contributed by atoms with Crippen LogP contribution in [-0.4, -0.2) is 4.98 Å².